The van der Waals surface area contributed by atoms with E-state index in [1.165, 1.54) is 0 Å². The minimum Gasteiger partial charge on any atom is -0.322 e. The normalized spacial score (nSPS) is 10.3. The first-order chi connectivity index (χ1) is 9.10. The molecule has 2 aromatic rings. The van der Waals surface area contributed by atoms with Crippen molar-refractivity contribution in [1.29, 1.82) is 0 Å². The van der Waals surface area contributed by atoms with Crippen LogP contribution in [-0.4, -0.2) is 5.91 Å². The minimum atomic E-state index is -0.180. The van der Waals surface area contributed by atoms with Gasteiger partial charge in [0.2, 0.25) is 0 Å². The highest BCUT2D eigenvalue weighted by Gasteiger charge is 2.07. The van der Waals surface area contributed by atoms with Crippen LogP contribution in [0.3, 0.4) is 0 Å². The van der Waals surface area contributed by atoms with Crippen molar-refractivity contribution >= 4 is 34.8 Å². The lowest BCUT2D eigenvalue weighted by atomic mass is 10.1. The van der Waals surface area contributed by atoms with Crippen LogP contribution < -0.4 is 5.32 Å². The fraction of sp³-hybridized carbons (Fsp3) is 0.133. The molecule has 0 heterocycles. The third-order valence-electron chi connectivity index (χ3n) is 2.80. The first kappa shape index (κ1) is 13.9. The number of anilines is 1. The number of hydrogen-bond acceptors (Lipinski definition) is 1. The van der Waals surface area contributed by atoms with Crippen molar-refractivity contribution < 1.29 is 4.79 Å². The van der Waals surface area contributed by atoms with E-state index in [0.717, 1.165) is 16.8 Å². The van der Waals surface area contributed by atoms with E-state index in [1.807, 2.05) is 37.3 Å². The van der Waals surface area contributed by atoms with Crippen molar-refractivity contribution in [3.63, 3.8) is 0 Å². The molecule has 0 aliphatic heterocycles. The molecule has 1 N–H and O–H groups in total. The zero-order valence-electron chi connectivity index (χ0n) is 10.4. The van der Waals surface area contributed by atoms with Gasteiger partial charge in [-0.05, 0) is 42.3 Å². The molecule has 2 aromatic carbocycles. The SMILES string of the molecule is Cc1ccc(C(=O)Nc2ccc(CCl)cc2)cc1Cl. The Morgan fingerprint density at radius 2 is 1.84 bits per heavy atom. The van der Waals surface area contributed by atoms with Gasteiger partial charge >= 0.3 is 0 Å². The molecule has 0 aliphatic carbocycles. The first-order valence-electron chi connectivity index (χ1n) is 5.82. The summed E-state index contributed by atoms with van der Waals surface area (Å²) in [5.74, 6) is 0.280. The average molecular weight is 294 g/mol. The lowest BCUT2D eigenvalue weighted by Crippen LogP contribution is -2.11. The molecular weight excluding hydrogens is 281 g/mol. The third kappa shape index (κ3) is 3.49. The van der Waals surface area contributed by atoms with Crippen molar-refractivity contribution in [3.05, 3.63) is 64.2 Å². The molecule has 0 saturated carbocycles. The predicted molar refractivity (Wildman–Crippen MR) is 80.1 cm³/mol. The van der Waals surface area contributed by atoms with Gasteiger partial charge in [0.1, 0.15) is 0 Å². The van der Waals surface area contributed by atoms with Crippen LogP contribution in [0.5, 0.6) is 0 Å². The smallest absolute Gasteiger partial charge is 0.255 e. The molecule has 0 aromatic heterocycles. The summed E-state index contributed by atoms with van der Waals surface area (Å²) >= 11 is 11.7. The Morgan fingerprint density at radius 1 is 1.16 bits per heavy atom. The Labute approximate surface area is 122 Å². The number of nitrogens with one attached hydrogen (secondary N) is 1. The highest BCUT2D eigenvalue weighted by atomic mass is 35.5. The molecule has 0 bridgehead atoms. The second kappa shape index (κ2) is 6.09. The number of aryl methyl sites for hydroxylation is 1. The molecule has 2 rings (SSSR count). The van der Waals surface area contributed by atoms with Crippen LogP contribution in [0.4, 0.5) is 5.69 Å². The van der Waals surface area contributed by atoms with E-state index in [4.69, 9.17) is 23.2 Å². The lowest BCUT2D eigenvalue weighted by molar-refractivity contribution is 0.102. The summed E-state index contributed by atoms with van der Waals surface area (Å²) in [6.45, 7) is 1.90. The molecule has 0 spiro atoms. The van der Waals surface area contributed by atoms with Gasteiger partial charge in [-0.2, -0.15) is 0 Å². The van der Waals surface area contributed by atoms with Crippen molar-refractivity contribution in [2.24, 2.45) is 0 Å². The number of amides is 1. The molecule has 0 radical (unpaired) electrons. The van der Waals surface area contributed by atoms with Gasteiger partial charge < -0.3 is 5.32 Å². The van der Waals surface area contributed by atoms with Crippen LogP contribution in [0.2, 0.25) is 5.02 Å². The summed E-state index contributed by atoms with van der Waals surface area (Å²) in [7, 11) is 0. The molecule has 1 amide bonds. The first-order valence-corrected chi connectivity index (χ1v) is 6.74. The van der Waals surface area contributed by atoms with Crippen molar-refractivity contribution in [3.8, 4) is 0 Å². The highest BCUT2D eigenvalue weighted by molar-refractivity contribution is 6.31. The molecule has 0 atom stereocenters. The number of rotatable bonds is 3. The molecule has 0 unspecified atom stereocenters. The Bertz CT molecular complexity index is 594. The third-order valence-corrected chi connectivity index (χ3v) is 3.52. The van der Waals surface area contributed by atoms with Crippen LogP contribution >= 0.6 is 23.2 Å². The van der Waals surface area contributed by atoms with Crippen LogP contribution in [0.1, 0.15) is 21.5 Å². The number of carbonyl (C=O) groups is 1. The topological polar surface area (TPSA) is 29.1 Å². The zero-order valence-corrected chi connectivity index (χ0v) is 11.9. The second-order valence-electron chi connectivity index (χ2n) is 4.25. The van der Waals surface area contributed by atoms with Gasteiger partial charge in [0.25, 0.3) is 5.91 Å². The van der Waals surface area contributed by atoms with Gasteiger partial charge in [0, 0.05) is 22.2 Å². The quantitative estimate of drug-likeness (QED) is 0.821. The maximum Gasteiger partial charge on any atom is 0.255 e. The Balaban J connectivity index is 2.13. The number of carbonyl (C=O) groups excluding carboxylic acids is 1. The summed E-state index contributed by atoms with van der Waals surface area (Å²) in [6.07, 6.45) is 0. The van der Waals surface area contributed by atoms with Crippen molar-refractivity contribution in [1.82, 2.24) is 0 Å². The van der Waals surface area contributed by atoms with Crippen LogP contribution in [-0.2, 0) is 5.88 Å². The Hall–Kier alpha value is -1.51. The summed E-state index contributed by atoms with van der Waals surface area (Å²) < 4.78 is 0. The van der Waals surface area contributed by atoms with E-state index in [9.17, 15) is 4.79 Å². The molecule has 2 nitrogen and oxygen atoms in total. The Morgan fingerprint density at radius 3 is 2.42 bits per heavy atom. The van der Waals surface area contributed by atoms with Crippen LogP contribution in [0.25, 0.3) is 0 Å². The van der Waals surface area contributed by atoms with Crippen LogP contribution in [0, 0.1) is 6.92 Å². The summed E-state index contributed by atoms with van der Waals surface area (Å²) in [6, 6.07) is 12.7. The molecular formula is C15H13Cl2NO. The van der Waals surface area contributed by atoms with Gasteiger partial charge in [0.15, 0.2) is 0 Å². The van der Waals surface area contributed by atoms with Gasteiger partial charge in [-0.3, -0.25) is 4.79 Å². The van der Waals surface area contributed by atoms with Gasteiger partial charge in [0.05, 0.1) is 0 Å². The fourth-order valence-corrected chi connectivity index (χ4v) is 1.97. The van der Waals surface area contributed by atoms with E-state index in [0.29, 0.717) is 16.5 Å². The lowest BCUT2D eigenvalue weighted by Gasteiger charge is -2.07. The largest absolute Gasteiger partial charge is 0.322 e. The highest BCUT2D eigenvalue weighted by Crippen LogP contribution is 2.18. The number of halogens is 2. The predicted octanol–water partition coefficient (Wildman–Crippen LogP) is 4.64. The monoisotopic (exact) mass is 293 g/mol. The van der Waals surface area contributed by atoms with Gasteiger partial charge in [-0.1, -0.05) is 29.8 Å². The standard InChI is InChI=1S/C15H13Cl2NO/c1-10-2-5-12(8-14(10)17)15(19)18-13-6-3-11(9-16)4-7-13/h2-8H,9H2,1H3,(H,18,19). The molecule has 98 valence electrons. The molecule has 0 fully saturated rings. The van der Waals surface area contributed by atoms with E-state index in [-0.39, 0.29) is 5.91 Å². The van der Waals surface area contributed by atoms with Crippen LogP contribution in [0.15, 0.2) is 42.5 Å². The molecule has 0 aliphatic rings. The fourth-order valence-electron chi connectivity index (χ4n) is 1.61. The van der Waals surface area contributed by atoms with E-state index in [1.54, 1.807) is 12.1 Å². The Kier molecular flexibility index (Phi) is 4.46. The van der Waals surface area contributed by atoms with Crippen molar-refractivity contribution in [2.75, 3.05) is 5.32 Å². The summed E-state index contributed by atoms with van der Waals surface area (Å²) in [5.41, 5.74) is 3.23. The number of hydrogen-bond donors (Lipinski definition) is 1. The van der Waals surface area contributed by atoms with Crippen molar-refractivity contribution in [2.45, 2.75) is 12.8 Å². The summed E-state index contributed by atoms with van der Waals surface area (Å²) in [5, 5.41) is 3.40. The average Bonchev–Trinajstić information content (AvgIpc) is 2.42. The maximum absolute atomic E-state index is 12.0. The zero-order chi connectivity index (χ0) is 13.8. The minimum absolute atomic E-state index is 0.180. The summed E-state index contributed by atoms with van der Waals surface area (Å²) in [4.78, 5) is 12.0. The van der Waals surface area contributed by atoms with E-state index in [2.05, 4.69) is 5.32 Å². The number of alkyl halides is 1. The maximum atomic E-state index is 12.0. The van der Waals surface area contributed by atoms with Gasteiger partial charge in [-0.15, -0.1) is 11.6 Å². The van der Waals surface area contributed by atoms with Gasteiger partial charge in [-0.25, -0.2) is 0 Å². The second-order valence-corrected chi connectivity index (χ2v) is 4.92. The molecule has 0 saturated heterocycles. The van der Waals surface area contributed by atoms with E-state index < -0.39 is 0 Å². The van der Waals surface area contributed by atoms with E-state index >= 15 is 0 Å². The molecule has 4 heteroatoms. The number of benzene rings is 2. The molecule has 19 heavy (non-hydrogen) atoms.